The minimum absolute atomic E-state index is 0.0217. The number of phenolic OH excluding ortho intramolecular Hbond substituents is 2. The van der Waals surface area contributed by atoms with E-state index >= 15 is 0 Å². The summed E-state index contributed by atoms with van der Waals surface area (Å²) in [6.07, 6.45) is 0. The summed E-state index contributed by atoms with van der Waals surface area (Å²) >= 11 is 18.2. The molecule has 0 aliphatic carbocycles. The zero-order chi connectivity index (χ0) is 23.4. The average Bonchev–Trinajstić information content (AvgIpc) is 2.75. The van der Waals surface area contributed by atoms with Crippen molar-refractivity contribution in [1.82, 2.24) is 0 Å². The quantitative estimate of drug-likeness (QED) is 0.173. The molecule has 0 spiro atoms. The van der Waals surface area contributed by atoms with Gasteiger partial charge in [-0.05, 0) is 55.0 Å². The summed E-state index contributed by atoms with van der Waals surface area (Å²) in [6.45, 7) is 1.98. The van der Waals surface area contributed by atoms with Crippen LogP contribution in [0.15, 0.2) is 72.8 Å². The van der Waals surface area contributed by atoms with Gasteiger partial charge in [-0.25, -0.2) is 0 Å². The van der Waals surface area contributed by atoms with E-state index in [4.69, 9.17) is 46.3 Å². The molecule has 0 amide bonds. The number of aryl methyl sites for hydroxylation is 1. The van der Waals surface area contributed by atoms with E-state index in [1.165, 1.54) is 0 Å². The number of hydrogen-bond donors (Lipinski definition) is 4. The van der Waals surface area contributed by atoms with Gasteiger partial charge < -0.3 is 21.7 Å². The molecule has 0 fully saturated rings. The van der Waals surface area contributed by atoms with Crippen molar-refractivity contribution in [2.75, 3.05) is 11.5 Å². The van der Waals surface area contributed by atoms with Crippen LogP contribution in [0.4, 0.5) is 11.4 Å². The molecule has 0 saturated carbocycles. The van der Waals surface area contributed by atoms with Gasteiger partial charge in [-0.3, -0.25) is 0 Å². The van der Waals surface area contributed by atoms with Gasteiger partial charge in [0.25, 0.3) is 0 Å². The maximum Gasteiger partial charge on any atom is 0.139 e. The van der Waals surface area contributed by atoms with E-state index in [0.29, 0.717) is 32.0 Å². The monoisotopic (exact) mass is 486 g/mol. The van der Waals surface area contributed by atoms with E-state index in [9.17, 15) is 10.2 Å². The van der Waals surface area contributed by atoms with Gasteiger partial charge in [0.1, 0.15) is 11.5 Å². The summed E-state index contributed by atoms with van der Waals surface area (Å²) in [5.41, 5.74) is 16.2. The smallest absolute Gasteiger partial charge is 0.139 e. The van der Waals surface area contributed by atoms with Crippen LogP contribution >= 0.6 is 34.8 Å². The number of nitrogen functional groups attached to an aromatic ring is 2. The van der Waals surface area contributed by atoms with Gasteiger partial charge in [0.15, 0.2) is 0 Å². The highest BCUT2D eigenvalue weighted by Gasteiger charge is 2.10. The Bertz CT molecular complexity index is 1260. The zero-order valence-corrected chi connectivity index (χ0v) is 19.4. The van der Waals surface area contributed by atoms with Crippen LogP contribution in [0.3, 0.4) is 0 Å². The first-order valence-electron chi connectivity index (χ1n) is 9.56. The molecule has 0 aromatic heterocycles. The zero-order valence-electron chi connectivity index (χ0n) is 17.1. The first-order chi connectivity index (χ1) is 15.2. The Morgan fingerprint density at radius 2 is 1.31 bits per heavy atom. The van der Waals surface area contributed by atoms with Crippen LogP contribution in [0, 0.1) is 6.92 Å². The lowest BCUT2D eigenvalue weighted by atomic mass is 10.0. The van der Waals surface area contributed by atoms with E-state index in [1.807, 2.05) is 31.2 Å². The molecule has 0 aliphatic heterocycles. The van der Waals surface area contributed by atoms with Crippen molar-refractivity contribution in [1.29, 1.82) is 0 Å². The lowest BCUT2D eigenvalue weighted by Gasteiger charge is -2.09. The molecule has 0 aliphatic rings. The molecule has 4 rings (SSSR count). The lowest BCUT2D eigenvalue weighted by molar-refractivity contribution is 0.477. The van der Waals surface area contributed by atoms with Crippen molar-refractivity contribution in [3.63, 3.8) is 0 Å². The van der Waals surface area contributed by atoms with Gasteiger partial charge in [0, 0.05) is 31.8 Å². The standard InChI is InChI=1S/C13H12ClNO.C12H9Cl2NO/c1-8-5-6-11(14)10(7-8)9-3-2-4-12(16)13(9)15;13-8-2-1-3-9(14)12(8)7-4-5-10(15)11(16)6-7/h2-7,16H,15H2,1H3;1-6,16H,15H2. The van der Waals surface area contributed by atoms with Gasteiger partial charge in [0.2, 0.25) is 0 Å². The summed E-state index contributed by atoms with van der Waals surface area (Å²) in [4.78, 5) is 0. The van der Waals surface area contributed by atoms with E-state index in [2.05, 4.69) is 0 Å². The Labute approximate surface area is 201 Å². The van der Waals surface area contributed by atoms with Crippen molar-refractivity contribution in [3.05, 3.63) is 93.4 Å². The molecule has 7 heteroatoms. The third-order valence-corrected chi connectivity index (χ3v) is 5.74. The fourth-order valence-corrected chi connectivity index (χ4v) is 3.94. The predicted molar refractivity (Wildman–Crippen MR) is 136 cm³/mol. The van der Waals surface area contributed by atoms with Crippen LogP contribution in [-0.4, -0.2) is 10.2 Å². The number of rotatable bonds is 2. The fourth-order valence-electron chi connectivity index (χ4n) is 3.11. The molecule has 4 aromatic carbocycles. The molecule has 0 radical (unpaired) electrons. The van der Waals surface area contributed by atoms with Gasteiger partial charge in [-0.1, -0.05) is 70.7 Å². The Morgan fingerprint density at radius 3 is 1.97 bits per heavy atom. The number of nitrogens with two attached hydrogens (primary N) is 2. The van der Waals surface area contributed by atoms with Crippen LogP contribution in [0.5, 0.6) is 11.5 Å². The van der Waals surface area contributed by atoms with Gasteiger partial charge >= 0.3 is 0 Å². The minimum atomic E-state index is 0.0217. The fraction of sp³-hybridized carbons (Fsp3) is 0.0400. The van der Waals surface area contributed by atoms with Crippen LogP contribution in [0.1, 0.15) is 5.56 Å². The van der Waals surface area contributed by atoms with Gasteiger partial charge in [-0.15, -0.1) is 0 Å². The predicted octanol–water partition coefficient (Wildman–Crippen LogP) is 7.55. The number of phenols is 2. The van der Waals surface area contributed by atoms with Gasteiger partial charge in [0.05, 0.1) is 11.4 Å². The number of aromatic hydroxyl groups is 2. The summed E-state index contributed by atoms with van der Waals surface area (Å²) in [5, 5.41) is 20.8. The Morgan fingerprint density at radius 1 is 0.656 bits per heavy atom. The number of halogens is 3. The van der Waals surface area contributed by atoms with E-state index in [0.717, 1.165) is 22.3 Å². The molecule has 32 heavy (non-hydrogen) atoms. The maximum atomic E-state index is 9.55. The van der Waals surface area contributed by atoms with E-state index in [-0.39, 0.29) is 11.5 Å². The topological polar surface area (TPSA) is 92.5 Å². The van der Waals surface area contributed by atoms with Crippen LogP contribution in [0.2, 0.25) is 15.1 Å². The number of anilines is 2. The highest BCUT2D eigenvalue weighted by Crippen LogP contribution is 2.38. The third kappa shape index (κ3) is 5.22. The van der Waals surface area contributed by atoms with Crippen molar-refractivity contribution in [3.8, 4) is 33.8 Å². The molecule has 4 aromatic rings. The molecule has 0 heterocycles. The number of benzene rings is 4. The number of para-hydroxylation sites is 1. The second-order valence-electron chi connectivity index (χ2n) is 7.09. The average molecular weight is 488 g/mol. The SMILES string of the molecule is Cc1ccc(Cl)c(-c2cccc(O)c2N)c1.Nc1ccc(-c2c(Cl)cccc2Cl)cc1O. The molecule has 6 N–H and O–H groups in total. The Balaban J connectivity index is 0.000000181. The molecule has 0 bridgehead atoms. The van der Waals surface area contributed by atoms with Crippen molar-refractivity contribution in [2.45, 2.75) is 6.92 Å². The van der Waals surface area contributed by atoms with Crippen LogP contribution in [0.25, 0.3) is 22.3 Å². The maximum absolute atomic E-state index is 9.55. The molecule has 164 valence electrons. The first-order valence-corrected chi connectivity index (χ1v) is 10.7. The highest BCUT2D eigenvalue weighted by molar-refractivity contribution is 6.39. The van der Waals surface area contributed by atoms with E-state index < -0.39 is 0 Å². The lowest BCUT2D eigenvalue weighted by Crippen LogP contribution is -1.91. The normalized spacial score (nSPS) is 10.4. The molecular weight excluding hydrogens is 467 g/mol. The van der Waals surface area contributed by atoms with Crippen LogP contribution < -0.4 is 11.5 Å². The molecule has 0 atom stereocenters. The summed E-state index contributed by atoms with van der Waals surface area (Å²) in [6, 6.07) is 21.1. The molecular formula is C25H21Cl3N2O2. The van der Waals surface area contributed by atoms with Crippen molar-refractivity contribution < 1.29 is 10.2 Å². The van der Waals surface area contributed by atoms with Crippen LogP contribution in [-0.2, 0) is 0 Å². The first kappa shape index (κ1) is 23.6. The minimum Gasteiger partial charge on any atom is -0.506 e. The Hall–Kier alpha value is -3.05. The largest absolute Gasteiger partial charge is 0.506 e. The Kier molecular flexibility index (Phi) is 7.41. The summed E-state index contributed by atoms with van der Waals surface area (Å²) in [7, 11) is 0. The van der Waals surface area contributed by atoms with Crippen molar-refractivity contribution in [2.24, 2.45) is 0 Å². The van der Waals surface area contributed by atoms with Gasteiger partial charge in [-0.2, -0.15) is 0 Å². The third-order valence-electron chi connectivity index (χ3n) is 4.78. The molecule has 4 nitrogen and oxygen atoms in total. The molecule has 0 unspecified atom stereocenters. The van der Waals surface area contributed by atoms with E-state index in [1.54, 1.807) is 48.5 Å². The highest BCUT2D eigenvalue weighted by atomic mass is 35.5. The summed E-state index contributed by atoms with van der Waals surface area (Å²) in [5.74, 6) is 0.101. The van der Waals surface area contributed by atoms with Crippen molar-refractivity contribution >= 4 is 46.2 Å². The second kappa shape index (κ2) is 10.0. The second-order valence-corrected chi connectivity index (χ2v) is 8.31. The molecule has 0 saturated heterocycles. The summed E-state index contributed by atoms with van der Waals surface area (Å²) < 4.78 is 0. The number of hydrogen-bond acceptors (Lipinski definition) is 4.